The smallest absolute Gasteiger partial charge is 0.225 e. The fourth-order valence-corrected chi connectivity index (χ4v) is 3.14. The summed E-state index contributed by atoms with van der Waals surface area (Å²) in [5.41, 5.74) is 1.93. The molecule has 0 aliphatic carbocycles. The van der Waals surface area contributed by atoms with Crippen LogP contribution in [-0.2, 0) is 4.79 Å². The highest BCUT2D eigenvalue weighted by Crippen LogP contribution is 2.32. The summed E-state index contributed by atoms with van der Waals surface area (Å²) in [5.74, 6) is 3.10. The second-order valence-electron chi connectivity index (χ2n) is 5.54. The highest BCUT2D eigenvalue weighted by atomic mass is 32.2. The van der Waals surface area contributed by atoms with Crippen LogP contribution >= 0.6 is 11.8 Å². The van der Waals surface area contributed by atoms with Gasteiger partial charge in [0.1, 0.15) is 13.2 Å². The lowest BCUT2D eigenvalue weighted by Gasteiger charge is -2.19. The monoisotopic (exact) mass is 355 g/mol. The second kappa shape index (κ2) is 9.18. The van der Waals surface area contributed by atoms with E-state index in [-0.39, 0.29) is 5.91 Å². The Kier molecular flexibility index (Phi) is 6.40. The van der Waals surface area contributed by atoms with Gasteiger partial charge in [-0.05, 0) is 17.7 Å². The van der Waals surface area contributed by atoms with Crippen molar-refractivity contribution in [3.8, 4) is 11.5 Å². The molecule has 25 heavy (non-hydrogen) atoms. The molecule has 5 heteroatoms. The van der Waals surface area contributed by atoms with E-state index in [0.717, 1.165) is 22.9 Å². The molecule has 0 bridgehead atoms. The normalized spacial score (nSPS) is 13.0. The van der Waals surface area contributed by atoms with Crippen LogP contribution in [0.15, 0.2) is 54.6 Å². The minimum absolute atomic E-state index is 0.0104. The van der Waals surface area contributed by atoms with Crippen LogP contribution in [0.4, 0.5) is 5.69 Å². The van der Waals surface area contributed by atoms with Crippen LogP contribution in [0.2, 0.25) is 0 Å². The Bertz CT molecular complexity index is 731. The molecule has 2 aromatic carbocycles. The van der Waals surface area contributed by atoms with Gasteiger partial charge in [-0.15, -0.1) is 0 Å². The quantitative estimate of drug-likeness (QED) is 0.755. The number of nitrogens with one attached hydrogen (secondary N) is 1. The van der Waals surface area contributed by atoms with Crippen LogP contribution in [0.1, 0.15) is 12.0 Å². The summed E-state index contributed by atoms with van der Waals surface area (Å²) in [4.78, 5) is 12.0. The van der Waals surface area contributed by atoms with Gasteiger partial charge in [0.05, 0.1) is 0 Å². The van der Waals surface area contributed by atoms with Crippen molar-refractivity contribution in [3.63, 3.8) is 0 Å². The van der Waals surface area contributed by atoms with Crippen molar-refractivity contribution < 1.29 is 14.3 Å². The van der Waals surface area contributed by atoms with Crippen LogP contribution in [0, 0.1) is 0 Å². The highest BCUT2D eigenvalue weighted by molar-refractivity contribution is 7.99. The van der Waals surface area contributed by atoms with Crippen molar-refractivity contribution in [1.82, 2.24) is 0 Å². The van der Waals surface area contributed by atoms with Gasteiger partial charge in [-0.2, -0.15) is 11.8 Å². The maximum absolute atomic E-state index is 12.0. The van der Waals surface area contributed by atoms with E-state index in [9.17, 15) is 4.79 Å². The van der Waals surface area contributed by atoms with Crippen molar-refractivity contribution in [1.29, 1.82) is 0 Å². The summed E-state index contributed by atoms with van der Waals surface area (Å²) in [6.45, 7) is 1.10. The van der Waals surface area contributed by atoms with E-state index in [1.165, 1.54) is 5.56 Å². The Morgan fingerprint density at radius 3 is 2.72 bits per heavy atom. The summed E-state index contributed by atoms with van der Waals surface area (Å²) in [6.07, 6.45) is 4.71. The van der Waals surface area contributed by atoms with E-state index in [1.807, 2.05) is 36.4 Å². The first-order valence-electron chi connectivity index (χ1n) is 8.30. The predicted molar refractivity (Wildman–Crippen MR) is 103 cm³/mol. The Morgan fingerprint density at radius 2 is 1.88 bits per heavy atom. The van der Waals surface area contributed by atoms with Gasteiger partial charge in [0.25, 0.3) is 0 Å². The van der Waals surface area contributed by atoms with Gasteiger partial charge >= 0.3 is 0 Å². The van der Waals surface area contributed by atoms with Gasteiger partial charge in [0, 0.05) is 29.7 Å². The van der Waals surface area contributed by atoms with Gasteiger partial charge in [0.2, 0.25) is 5.91 Å². The van der Waals surface area contributed by atoms with E-state index in [0.29, 0.717) is 25.4 Å². The van der Waals surface area contributed by atoms with Gasteiger partial charge in [-0.25, -0.2) is 0 Å². The largest absolute Gasteiger partial charge is 0.486 e. The maximum atomic E-state index is 12.0. The van der Waals surface area contributed by atoms with Crippen molar-refractivity contribution >= 4 is 29.4 Å². The third-order valence-electron chi connectivity index (χ3n) is 3.62. The molecular formula is C20H21NO3S. The molecule has 0 spiro atoms. The van der Waals surface area contributed by atoms with E-state index < -0.39 is 0 Å². The minimum atomic E-state index is 0.0104. The van der Waals surface area contributed by atoms with E-state index in [4.69, 9.17) is 9.47 Å². The zero-order valence-corrected chi connectivity index (χ0v) is 14.8. The number of benzene rings is 2. The summed E-state index contributed by atoms with van der Waals surface area (Å²) < 4.78 is 11.0. The van der Waals surface area contributed by atoms with Crippen LogP contribution < -0.4 is 14.8 Å². The molecule has 0 radical (unpaired) electrons. The molecule has 1 N–H and O–H groups in total. The van der Waals surface area contributed by atoms with Gasteiger partial charge < -0.3 is 14.8 Å². The maximum Gasteiger partial charge on any atom is 0.225 e. The number of amides is 1. The van der Waals surface area contributed by atoms with Crippen LogP contribution in [0.5, 0.6) is 11.5 Å². The first kappa shape index (κ1) is 17.4. The van der Waals surface area contributed by atoms with E-state index in [2.05, 4.69) is 29.6 Å². The lowest BCUT2D eigenvalue weighted by atomic mass is 10.2. The topological polar surface area (TPSA) is 47.6 Å². The number of carbonyl (C=O) groups is 1. The molecular weight excluding hydrogens is 334 g/mol. The average molecular weight is 355 g/mol. The van der Waals surface area contributed by atoms with Crippen LogP contribution in [0.25, 0.3) is 6.08 Å². The molecule has 0 saturated carbocycles. The minimum Gasteiger partial charge on any atom is -0.486 e. The molecule has 0 atom stereocenters. The third kappa shape index (κ3) is 5.57. The number of hydrogen-bond donors (Lipinski definition) is 1. The zero-order valence-electron chi connectivity index (χ0n) is 13.9. The summed E-state index contributed by atoms with van der Waals surface area (Å²) in [5, 5.41) is 2.90. The number of anilines is 1. The molecule has 1 amide bonds. The van der Waals surface area contributed by atoms with Crippen molar-refractivity contribution in [2.24, 2.45) is 0 Å². The summed E-state index contributed by atoms with van der Waals surface area (Å²) in [6, 6.07) is 15.7. The number of rotatable bonds is 7. The van der Waals surface area contributed by atoms with Crippen molar-refractivity contribution in [3.05, 3.63) is 60.2 Å². The van der Waals surface area contributed by atoms with Gasteiger partial charge in [-0.1, -0.05) is 42.5 Å². The van der Waals surface area contributed by atoms with Crippen LogP contribution in [0.3, 0.4) is 0 Å². The van der Waals surface area contributed by atoms with Crippen molar-refractivity contribution in [2.75, 3.05) is 30.0 Å². The molecule has 0 aromatic heterocycles. The average Bonchev–Trinajstić information content (AvgIpc) is 2.65. The zero-order chi connectivity index (χ0) is 17.3. The molecule has 1 aliphatic rings. The van der Waals surface area contributed by atoms with Gasteiger partial charge in [-0.3, -0.25) is 4.79 Å². The highest BCUT2D eigenvalue weighted by Gasteiger charge is 2.12. The van der Waals surface area contributed by atoms with E-state index in [1.54, 1.807) is 11.8 Å². The molecule has 3 rings (SSSR count). The number of hydrogen-bond acceptors (Lipinski definition) is 4. The molecule has 4 nitrogen and oxygen atoms in total. The fraction of sp³-hybridized carbons (Fsp3) is 0.250. The van der Waals surface area contributed by atoms with E-state index >= 15 is 0 Å². The SMILES string of the molecule is O=C(CCSCC=Cc1ccccc1)Nc1ccc2c(c1)OCCO2. The first-order chi connectivity index (χ1) is 12.3. The summed E-state index contributed by atoms with van der Waals surface area (Å²) in [7, 11) is 0. The summed E-state index contributed by atoms with van der Waals surface area (Å²) >= 11 is 1.74. The molecule has 0 unspecified atom stereocenters. The Balaban J connectivity index is 1.36. The molecule has 0 saturated heterocycles. The molecule has 0 fully saturated rings. The molecule has 1 heterocycles. The Morgan fingerprint density at radius 1 is 1.08 bits per heavy atom. The second-order valence-corrected chi connectivity index (χ2v) is 6.69. The van der Waals surface area contributed by atoms with Crippen LogP contribution in [-0.4, -0.2) is 30.6 Å². The number of fused-ring (bicyclic) bond motifs is 1. The Hall–Kier alpha value is -2.40. The lowest BCUT2D eigenvalue weighted by molar-refractivity contribution is -0.115. The molecule has 2 aromatic rings. The Labute approximate surface area is 152 Å². The molecule has 1 aliphatic heterocycles. The number of ether oxygens (including phenoxy) is 2. The fourth-order valence-electron chi connectivity index (χ4n) is 2.41. The number of thioether (sulfide) groups is 1. The third-order valence-corrected chi connectivity index (χ3v) is 4.54. The standard InChI is InChI=1S/C20H21NO3S/c22-20(10-14-25-13-4-7-16-5-2-1-3-6-16)21-17-8-9-18-19(15-17)24-12-11-23-18/h1-9,15H,10-14H2,(H,21,22). The van der Waals surface area contributed by atoms with Gasteiger partial charge in [0.15, 0.2) is 11.5 Å². The predicted octanol–water partition coefficient (Wildman–Crippen LogP) is 4.23. The first-order valence-corrected chi connectivity index (χ1v) is 9.45. The molecule has 130 valence electrons. The lowest BCUT2D eigenvalue weighted by Crippen LogP contribution is -2.16. The van der Waals surface area contributed by atoms with Crippen molar-refractivity contribution in [2.45, 2.75) is 6.42 Å². The number of carbonyl (C=O) groups excluding carboxylic acids is 1.